The maximum atomic E-state index is 12.8. The third-order valence-corrected chi connectivity index (χ3v) is 5.44. The minimum absolute atomic E-state index is 0.0366. The molecule has 8 heteroatoms. The second-order valence-corrected chi connectivity index (χ2v) is 7.28. The number of nitrogens with one attached hydrogen (secondary N) is 1. The molecule has 3 aromatic rings. The first-order valence-corrected chi connectivity index (χ1v) is 9.60. The fourth-order valence-electron chi connectivity index (χ4n) is 3.30. The topological polar surface area (TPSA) is 84.7 Å². The monoisotopic (exact) mass is 385 g/mol. The zero-order valence-corrected chi connectivity index (χ0v) is 15.6. The number of para-hydroxylation sites is 1. The summed E-state index contributed by atoms with van der Waals surface area (Å²) in [5, 5.41) is 6.08. The molecular weight excluding hydrogens is 366 g/mol. The molecule has 0 spiro atoms. The number of fused-ring (bicyclic) bond motifs is 1. The number of likely N-dealkylation sites (tertiary alicyclic amines) is 1. The van der Waals surface area contributed by atoms with Gasteiger partial charge in [-0.1, -0.05) is 12.1 Å². The SMILES string of the molecule is COc1cccc2cc(C(=O)N3CCC(C(=O)Nc4nccs4)CC3)oc12. The van der Waals surface area contributed by atoms with Crippen LogP contribution in [-0.4, -0.2) is 41.9 Å². The van der Waals surface area contributed by atoms with Crippen molar-refractivity contribution < 1.29 is 18.7 Å². The summed E-state index contributed by atoms with van der Waals surface area (Å²) >= 11 is 1.39. The van der Waals surface area contributed by atoms with Crippen LogP contribution in [0.15, 0.2) is 40.3 Å². The standard InChI is InChI=1S/C19H19N3O4S/c1-25-14-4-2-3-13-11-15(26-16(13)14)18(24)22-8-5-12(6-9-22)17(23)21-19-20-7-10-27-19/h2-4,7,10-12H,5-6,8-9H2,1H3,(H,20,21,23). The number of thiazole rings is 1. The van der Waals surface area contributed by atoms with E-state index < -0.39 is 0 Å². The summed E-state index contributed by atoms with van der Waals surface area (Å²) in [6, 6.07) is 7.28. The Labute approximate surface area is 159 Å². The largest absolute Gasteiger partial charge is 0.493 e. The van der Waals surface area contributed by atoms with Crippen LogP contribution in [-0.2, 0) is 4.79 Å². The summed E-state index contributed by atoms with van der Waals surface area (Å²) in [5.41, 5.74) is 0.570. The van der Waals surface area contributed by atoms with Gasteiger partial charge in [0.15, 0.2) is 22.2 Å². The van der Waals surface area contributed by atoms with Gasteiger partial charge in [-0.25, -0.2) is 4.98 Å². The van der Waals surface area contributed by atoms with Crippen LogP contribution in [0, 0.1) is 5.92 Å². The van der Waals surface area contributed by atoms with E-state index in [1.54, 1.807) is 30.3 Å². The van der Waals surface area contributed by atoms with Crippen LogP contribution in [0.4, 0.5) is 5.13 Å². The molecule has 4 rings (SSSR count). The predicted octanol–water partition coefficient (Wildman–Crippen LogP) is 3.39. The van der Waals surface area contributed by atoms with Gasteiger partial charge in [-0.15, -0.1) is 11.3 Å². The van der Waals surface area contributed by atoms with E-state index in [0.29, 0.717) is 48.2 Å². The van der Waals surface area contributed by atoms with Crippen LogP contribution in [0.2, 0.25) is 0 Å². The maximum absolute atomic E-state index is 12.8. The van der Waals surface area contributed by atoms with E-state index in [-0.39, 0.29) is 17.7 Å². The average Bonchev–Trinajstić information content (AvgIpc) is 3.36. The van der Waals surface area contributed by atoms with Gasteiger partial charge in [0.25, 0.3) is 5.91 Å². The number of nitrogens with zero attached hydrogens (tertiary/aromatic N) is 2. The van der Waals surface area contributed by atoms with Gasteiger partial charge in [-0.2, -0.15) is 0 Å². The molecule has 27 heavy (non-hydrogen) atoms. The Hall–Kier alpha value is -2.87. The van der Waals surface area contributed by atoms with Crippen molar-refractivity contribution in [3.63, 3.8) is 0 Å². The molecule has 1 aromatic carbocycles. The Kier molecular flexibility index (Phi) is 4.81. The lowest BCUT2D eigenvalue weighted by molar-refractivity contribution is -0.121. The number of benzene rings is 1. The first-order valence-electron chi connectivity index (χ1n) is 8.72. The minimum Gasteiger partial charge on any atom is -0.493 e. The highest BCUT2D eigenvalue weighted by atomic mass is 32.1. The fraction of sp³-hybridized carbons (Fsp3) is 0.316. The summed E-state index contributed by atoms with van der Waals surface area (Å²) in [4.78, 5) is 30.9. The highest BCUT2D eigenvalue weighted by Crippen LogP contribution is 2.30. The molecule has 7 nitrogen and oxygen atoms in total. The van der Waals surface area contributed by atoms with Crippen molar-refractivity contribution in [2.24, 2.45) is 5.92 Å². The Morgan fingerprint density at radius 3 is 2.85 bits per heavy atom. The number of ether oxygens (including phenoxy) is 1. The molecule has 2 aromatic heterocycles. The number of hydrogen-bond acceptors (Lipinski definition) is 6. The first-order chi connectivity index (χ1) is 13.2. The number of carbonyl (C=O) groups excluding carboxylic acids is 2. The van der Waals surface area contributed by atoms with E-state index in [0.717, 1.165) is 5.39 Å². The van der Waals surface area contributed by atoms with Crippen molar-refractivity contribution in [2.45, 2.75) is 12.8 Å². The third-order valence-electron chi connectivity index (χ3n) is 4.75. The molecule has 1 aliphatic rings. The Balaban J connectivity index is 1.40. The number of anilines is 1. The third kappa shape index (κ3) is 3.52. The fourth-order valence-corrected chi connectivity index (χ4v) is 3.83. The molecule has 0 saturated carbocycles. The molecule has 0 aliphatic carbocycles. The summed E-state index contributed by atoms with van der Waals surface area (Å²) in [6.07, 6.45) is 2.89. The number of furan rings is 1. The molecular formula is C19H19N3O4S. The quantitative estimate of drug-likeness (QED) is 0.744. The van der Waals surface area contributed by atoms with Gasteiger partial charge in [0.05, 0.1) is 7.11 Å². The van der Waals surface area contributed by atoms with Gasteiger partial charge >= 0.3 is 0 Å². The Bertz CT molecular complexity index is 959. The Morgan fingerprint density at radius 2 is 2.15 bits per heavy atom. The number of aromatic nitrogens is 1. The van der Waals surface area contributed by atoms with E-state index in [1.807, 2.05) is 17.5 Å². The molecule has 1 N–H and O–H groups in total. The molecule has 1 saturated heterocycles. The van der Waals surface area contributed by atoms with Crippen molar-refractivity contribution in [2.75, 3.05) is 25.5 Å². The van der Waals surface area contributed by atoms with Crippen LogP contribution in [0.1, 0.15) is 23.4 Å². The van der Waals surface area contributed by atoms with Gasteiger partial charge in [0.2, 0.25) is 5.91 Å². The highest BCUT2D eigenvalue weighted by Gasteiger charge is 2.29. The highest BCUT2D eigenvalue weighted by molar-refractivity contribution is 7.13. The number of piperidine rings is 1. The van der Waals surface area contributed by atoms with Crippen LogP contribution in [0.3, 0.4) is 0 Å². The van der Waals surface area contributed by atoms with Gasteiger partial charge in [-0.05, 0) is 25.0 Å². The maximum Gasteiger partial charge on any atom is 0.289 e. The molecule has 140 valence electrons. The predicted molar refractivity (Wildman–Crippen MR) is 102 cm³/mol. The zero-order valence-electron chi connectivity index (χ0n) is 14.8. The van der Waals surface area contributed by atoms with Gasteiger partial charge in [0.1, 0.15) is 0 Å². The van der Waals surface area contributed by atoms with Crippen LogP contribution in [0.5, 0.6) is 5.75 Å². The van der Waals surface area contributed by atoms with Crippen molar-refractivity contribution in [3.05, 3.63) is 41.6 Å². The second kappa shape index (κ2) is 7.40. The lowest BCUT2D eigenvalue weighted by Gasteiger charge is -2.30. The smallest absolute Gasteiger partial charge is 0.289 e. The van der Waals surface area contributed by atoms with Gasteiger partial charge < -0.3 is 19.4 Å². The normalized spacial score (nSPS) is 15.1. The minimum atomic E-state index is -0.160. The van der Waals surface area contributed by atoms with Crippen LogP contribution in [0.25, 0.3) is 11.0 Å². The summed E-state index contributed by atoms with van der Waals surface area (Å²) in [6.45, 7) is 1.03. The lowest BCUT2D eigenvalue weighted by atomic mass is 9.96. The van der Waals surface area contributed by atoms with E-state index in [9.17, 15) is 9.59 Å². The number of rotatable bonds is 4. The molecule has 1 fully saturated rings. The first kappa shape index (κ1) is 17.5. The van der Waals surface area contributed by atoms with Crippen molar-refractivity contribution in [1.82, 2.24) is 9.88 Å². The van der Waals surface area contributed by atoms with Crippen LogP contribution < -0.4 is 10.1 Å². The molecule has 0 atom stereocenters. The van der Waals surface area contributed by atoms with E-state index >= 15 is 0 Å². The molecule has 0 bridgehead atoms. The van der Waals surface area contributed by atoms with E-state index in [2.05, 4.69) is 10.3 Å². The van der Waals surface area contributed by atoms with Crippen LogP contribution >= 0.6 is 11.3 Å². The number of hydrogen-bond donors (Lipinski definition) is 1. The summed E-state index contributed by atoms with van der Waals surface area (Å²) < 4.78 is 11.0. The number of methoxy groups -OCH3 is 1. The molecule has 0 radical (unpaired) electrons. The summed E-state index contributed by atoms with van der Waals surface area (Å²) in [7, 11) is 1.57. The Morgan fingerprint density at radius 1 is 1.33 bits per heavy atom. The summed E-state index contributed by atoms with van der Waals surface area (Å²) in [5.74, 6) is 0.579. The lowest BCUT2D eigenvalue weighted by Crippen LogP contribution is -2.41. The molecule has 0 unspecified atom stereocenters. The number of amides is 2. The van der Waals surface area contributed by atoms with E-state index in [1.165, 1.54) is 11.3 Å². The van der Waals surface area contributed by atoms with Crippen molar-refractivity contribution >= 4 is 39.3 Å². The molecule has 3 heterocycles. The van der Waals surface area contributed by atoms with Crippen molar-refractivity contribution in [3.8, 4) is 5.75 Å². The second-order valence-electron chi connectivity index (χ2n) is 6.38. The molecule has 1 aliphatic heterocycles. The average molecular weight is 385 g/mol. The molecule has 2 amide bonds. The number of carbonyl (C=O) groups is 2. The van der Waals surface area contributed by atoms with Crippen molar-refractivity contribution in [1.29, 1.82) is 0 Å². The van der Waals surface area contributed by atoms with E-state index in [4.69, 9.17) is 9.15 Å². The van der Waals surface area contributed by atoms with Gasteiger partial charge in [-0.3, -0.25) is 9.59 Å². The zero-order chi connectivity index (χ0) is 18.8. The van der Waals surface area contributed by atoms with Gasteiger partial charge in [0, 0.05) is 36.0 Å².